The number of hydrogen-bond donors (Lipinski definition) is 1. The summed E-state index contributed by atoms with van der Waals surface area (Å²) in [6, 6.07) is 10.9. The quantitative estimate of drug-likeness (QED) is 0.874. The van der Waals surface area contributed by atoms with E-state index in [1.165, 1.54) is 44.7 Å². The molecular weight excluding hydrogens is 220 g/mol. The van der Waals surface area contributed by atoms with Gasteiger partial charge in [-0.15, -0.1) is 0 Å². The highest BCUT2D eigenvalue weighted by Crippen LogP contribution is 2.27. The summed E-state index contributed by atoms with van der Waals surface area (Å²) >= 11 is 0. The van der Waals surface area contributed by atoms with Crippen molar-refractivity contribution in [2.24, 2.45) is 11.8 Å². The molecule has 3 unspecified atom stereocenters. The van der Waals surface area contributed by atoms with Crippen LogP contribution >= 0.6 is 0 Å². The fourth-order valence-electron chi connectivity index (χ4n) is 3.46. The molecule has 3 rings (SSSR count). The Balaban J connectivity index is 1.47. The molecule has 0 saturated carbocycles. The molecule has 1 N–H and O–H groups in total. The molecule has 2 heterocycles. The van der Waals surface area contributed by atoms with Crippen LogP contribution in [0.25, 0.3) is 0 Å². The van der Waals surface area contributed by atoms with Gasteiger partial charge in [0.2, 0.25) is 0 Å². The molecule has 2 nitrogen and oxygen atoms in total. The Morgan fingerprint density at radius 1 is 1.17 bits per heavy atom. The van der Waals surface area contributed by atoms with Crippen molar-refractivity contribution in [1.82, 2.24) is 10.2 Å². The first-order valence-corrected chi connectivity index (χ1v) is 7.31. The number of benzene rings is 1. The second kappa shape index (κ2) is 5.41. The van der Waals surface area contributed by atoms with Gasteiger partial charge in [0.15, 0.2) is 0 Å². The van der Waals surface area contributed by atoms with E-state index >= 15 is 0 Å². The molecule has 0 bridgehead atoms. The Bertz CT molecular complexity index is 364. The minimum atomic E-state index is 0.685. The number of fused-ring (bicyclic) bond motifs is 1. The highest BCUT2D eigenvalue weighted by atomic mass is 15.2. The van der Waals surface area contributed by atoms with Crippen molar-refractivity contribution in [3.8, 4) is 0 Å². The van der Waals surface area contributed by atoms with Gasteiger partial charge in [-0.3, -0.25) is 0 Å². The summed E-state index contributed by atoms with van der Waals surface area (Å²) < 4.78 is 0. The summed E-state index contributed by atoms with van der Waals surface area (Å²) in [5.74, 6) is 2.54. The van der Waals surface area contributed by atoms with Crippen molar-refractivity contribution in [1.29, 1.82) is 0 Å². The van der Waals surface area contributed by atoms with Crippen LogP contribution in [0.15, 0.2) is 30.3 Å². The van der Waals surface area contributed by atoms with Crippen LogP contribution in [0.4, 0.5) is 0 Å². The van der Waals surface area contributed by atoms with Gasteiger partial charge in [-0.25, -0.2) is 0 Å². The largest absolute Gasteiger partial charge is 0.316 e. The highest BCUT2D eigenvalue weighted by Gasteiger charge is 2.35. The van der Waals surface area contributed by atoms with Crippen molar-refractivity contribution in [2.45, 2.75) is 19.3 Å². The van der Waals surface area contributed by atoms with Gasteiger partial charge in [0.1, 0.15) is 0 Å². The maximum absolute atomic E-state index is 3.51. The van der Waals surface area contributed by atoms with Crippen LogP contribution in [-0.2, 0) is 0 Å². The highest BCUT2D eigenvalue weighted by molar-refractivity contribution is 5.18. The fourth-order valence-corrected chi connectivity index (χ4v) is 3.46. The third kappa shape index (κ3) is 2.60. The number of hydrogen-bond acceptors (Lipinski definition) is 2. The van der Waals surface area contributed by atoms with Gasteiger partial charge in [0.05, 0.1) is 0 Å². The van der Waals surface area contributed by atoms with Gasteiger partial charge >= 0.3 is 0 Å². The Kier molecular flexibility index (Phi) is 3.67. The Morgan fingerprint density at radius 3 is 2.50 bits per heavy atom. The van der Waals surface area contributed by atoms with Crippen molar-refractivity contribution in [3.63, 3.8) is 0 Å². The standard InChI is InChI=1S/C16H24N2/c1-13(14-5-3-2-4-6-14)7-8-18-11-15-9-17-10-16(15)12-18/h2-6,13,15-17H,7-12H2,1H3. The lowest BCUT2D eigenvalue weighted by atomic mass is 9.98. The lowest BCUT2D eigenvalue weighted by Gasteiger charge is -2.19. The van der Waals surface area contributed by atoms with Crippen LogP contribution in [0.3, 0.4) is 0 Å². The van der Waals surface area contributed by atoms with E-state index < -0.39 is 0 Å². The lowest BCUT2D eigenvalue weighted by Crippen LogP contribution is -2.27. The maximum Gasteiger partial charge on any atom is 0.00255 e. The molecule has 2 heteroatoms. The molecule has 2 aliphatic rings. The molecule has 1 aromatic rings. The first-order chi connectivity index (χ1) is 8.83. The predicted octanol–water partition coefficient (Wildman–Crippen LogP) is 2.33. The Hall–Kier alpha value is -0.860. The number of nitrogens with one attached hydrogen (secondary N) is 1. The van der Waals surface area contributed by atoms with E-state index in [1.807, 2.05) is 0 Å². The first kappa shape index (κ1) is 12.2. The van der Waals surface area contributed by atoms with E-state index in [9.17, 15) is 0 Å². The third-order valence-corrected chi connectivity index (χ3v) is 4.71. The Morgan fingerprint density at radius 2 is 1.83 bits per heavy atom. The second-order valence-corrected chi connectivity index (χ2v) is 6.04. The SMILES string of the molecule is CC(CCN1CC2CNCC2C1)c1ccccc1. The van der Waals surface area contributed by atoms with E-state index in [4.69, 9.17) is 0 Å². The van der Waals surface area contributed by atoms with E-state index in [0.717, 1.165) is 11.8 Å². The smallest absolute Gasteiger partial charge is 0.00255 e. The van der Waals surface area contributed by atoms with E-state index in [2.05, 4.69) is 47.5 Å². The van der Waals surface area contributed by atoms with Crippen LogP contribution in [-0.4, -0.2) is 37.6 Å². The maximum atomic E-state index is 3.51. The number of nitrogens with zero attached hydrogens (tertiary/aromatic N) is 1. The molecule has 0 aromatic heterocycles. The van der Waals surface area contributed by atoms with Crippen LogP contribution in [0.1, 0.15) is 24.8 Å². The summed E-state index contributed by atoms with van der Waals surface area (Å²) in [4.78, 5) is 2.68. The molecule has 18 heavy (non-hydrogen) atoms. The summed E-state index contributed by atoms with van der Waals surface area (Å²) in [5.41, 5.74) is 1.48. The second-order valence-electron chi connectivity index (χ2n) is 6.04. The van der Waals surface area contributed by atoms with Gasteiger partial charge in [-0.2, -0.15) is 0 Å². The topological polar surface area (TPSA) is 15.3 Å². The average Bonchev–Trinajstić information content (AvgIpc) is 2.97. The zero-order valence-electron chi connectivity index (χ0n) is 11.3. The minimum absolute atomic E-state index is 0.685. The van der Waals surface area contributed by atoms with Crippen LogP contribution in [0.2, 0.25) is 0 Å². The zero-order chi connectivity index (χ0) is 12.4. The predicted molar refractivity (Wildman–Crippen MR) is 75.8 cm³/mol. The zero-order valence-corrected chi connectivity index (χ0v) is 11.3. The van der Waals surface area contributed by atoms with Crippen LogP contribution in [0, 0.1) is 11.8 Å². The van der Waals surface area contributed by atoms with Crippen LogP contribution < -0.4 is 5.32 Å². The summed E-state index contributed by atoms with van der Waals surface area (Å²) in [6.07, 6.45) is 1.29. The van der Waals surface area contributed by atoms with Gasteiger partial charge in [-0.1, -0.05) is 37.3 Å². The first-order valence-electron chi connectivity index (χ1n) is 7.31. The molecule has 3 atom stereocenters. The molecule has 0 amide bonds. The van der Waals surface area contributed by atoms with E-state index in [0.29, 0.717) is 5.92 Å². The van der Waals surface area contributed by atoms with Crippen molar-refractivity contribution in [2.75, 3.05) is 32.7 Å². The molecule has 2 saturated heterocycles. The molecular formula is C16H24N2. The molecule has 1 aromatic carbocycles. The monoisotopic (exact) mass is 244 g/mol. The van der Waals surface area contributed by atoms with Crippen molar-refractivity contribution < 1.29 is 0 Å². The van der Waals surface area contributed by atoms with Gasteiger partial charge in [0.25, 0.3) is 0 Å². The van der Waals surface area contributed by atoms with Crippen LogP contribution in [0.5, 0.6) is 0 Å². The molecule has 0 aliphatic carbocycles. The fraction of sp³-hybridized carbons (Fsp3) is 0.625. The van der Waals surface area contributed by atoms with Gasteiger partial charge in [-0.05, 0) is 49.4 Å². The molecule has 0 spiro atoms. The number of rotatable bonds is 4. The molecule has 2 aliphatic heterocycles. The van der Waals surface area contributed by atoms with E-state index in [-0.39, 0.29) is 0 Å². The molecule has 0 radical (unpaired) electrons. The molecule has 2 fully saturated rings. The normalized spacial score (nSPS) is 29.4. The summed E-state index contributed by atoms with van der Waals surface area (Å²) in [5, 5.41) is 3.51. The summed E-state index contributed by atoms with van der Waals surface area (Å²) in [7, 11) is 0. The minimum Gasteiger partial charge on any atom is -0.316 e. The Labute approximate surface area is 110 Å². The van der Waals surface area contributed by atoms with Gasteiger partial charge in [0, 0.05) is 13.1 Å². The summed E-state index contributed by atoms with van der Waals surface area (Å²) in [6.45, 7) is 8.75. The van der Waals surface area contributed by atoms with Crippen molar-refractivity contribution >= 4 is 0 Å². The lowest BCUT2D eigenvalue weighted by molar-refractivity contribution is 0.301. The van der Waals surface area contributed by atoms with E-state index in [1.54, 1.807) is 0 Å². The third-order valence-electron chi connectivity index (χ3n) is 4.71. The van der Waals surface area contributed by atoms with Crippen molar-refractivity contribution in [3.05, 3.63) is 35.9 Å². The van der Waals surface area contributed by atoms with Gasteiger partial charge < -0.3 is 10.2 Å². The average molecular weight is 244 g/mol. The molecule has 98 valence electrons. The number of likely N-dealkylation sites (tertiary alicyclic amines) is 1.